The lowest BCUT2D eigenvalue weighted by Gasteiger charge is -2.28. The number of anilines is 3. The van der Waals surface area contributed by atoms with Crippen LogP contribution in [-0.2, 0) is 0 Å². The summed E-state index contributed by atoms with van der Waals surface area (Å²) in [5.41, 5.74) is 10.9. The highest BCUT2D eigenvalue weighted by atomic mass is 16.3. The van der Waals surface area contributed by atoms with Gasteiger partial charge in [-0.25, -0.2) is 0 Å². The van der Waals surface area contributed by atoms with Crippen LogP contribution in [0.5, 0.6) is 0 Å². The Kier molecular flexibility index (Phi) is 6.93. The van der Waals surface area contributed by atoms with Crippen molar-refractivity contribution in [2.24, 2.45) is 0 Å². The molecular weight excluding hydrogens is 695 g/mol. The van der Waals surface area contributed by atoms with Crippen molar-refractivity contribution in [2.45, 2.75) is 0 Å². The molecule has 0 radical (unpaired) electrons. The average Bonchev–Trinajstić information content (AvgIpc) is 3.84. The molecule has 2 heterocycles. The Morgan fingerprint density at radius 3 is 1.72 bits per heavy atom. The van der Waals surface area contributed by atoms with Gasteiger partial charge in [0.1, 0.15) is 16.7 Å². The molecule has 266 valence electrons. The molecule has 0 N–H and O–H groups in total. The first-order chi connectivity index (χ1) is 28.3. The number of nitrogens with zero attached hydrogens (tertiary/aromatic N) is 1. The summed E-state index contributed by atoms with van der Waals surface area (Å²) in [5, 5.41) is 11.7. The zero-order valence-corrected chi connectivity index (χ0v) is 30.8. The van der Waals surface area contributed by atoms with Crippen LogP contribution in [0.4, 0.5) is 17.1 Å². The second-order valence-corrected chi connectivity index (χ2v) is 14.8. The van der Waals surface area contributed by atoms with Crippen LogP contribution in [0, 0.1) is 0 Å². The van der Waals surface area contributed by atoms with E-state index in [1.165, 1.54) is 32.5 Å². The van der Waals surface area contributed by atoms with Crippen LogP contribution in [0.25, 0.3) is 98.4 Å². The molecule has 10 aromatic carbocycles. The van der Waals surface area contributed by atoms with E-state index in [-0.39, 0.29) is 0 Å². The summed E-state index contributed by atoms with van der Waals surface area (Å²) in [6, 6.07) is 71.5. The smallest absolute Gasteiger partial charge is 0.159 e. The fraction of sp³-hybridized carbons (Fsp3) is 0. The first-order valence-electron chi connectivity index (χ1n) is 19.4. The number of rotatable bonds is 5. The second kappa shape index (κ2) is 12.5. The number of benzene rings is 10. The van der Waals surface area contributed by atoms with Crippen molar-refractivity contribution in [3.05, 3.63) is 200 Å². The number of para-hydroxylation sites is 4. The summed E-state index contributed by atoms with van der Waals surface area (Å²) in [7, 11) is 0. The molecule has 0 aliphatic heterocycles. The highest BCUT2D eigenvalue weighted by Crippen LogP contribution is 2.48. The molecule has 3 nitrogen and oxygen atoms in total. The van der Waals surface area contributed by atoms with Crippen LogP contribution in [0.2, 0.25) is 0 Å². The molecule has 0 saturated carbocycles. The fourth-order valence-corrected chi connectivity index (χ4v) is 8.99. The van der Waals surface area contributed by atoms with Crippen LogP contribution in [0.15, 0.2) is 209 Å². The molecule has 0 saturated heterocycles. The molecule has 0 aliphatic carbocycles. The number of hydrogen-bond donors (Lipinski definition) is 0. The summed E-state index contributed by atoms with van der Waals surface area (Å²) in [6.45, 7) is 0. The summed E-state index contributed by atoms with van der Waals surface area (Å²) in [4.78, 5) is 2.35. The SMILES string of the molecule is c1ccc(N(c2ccc(-c3cc4ccccc4c4ccccc34)cc2)c2cccc3c2oc2ccccc23)c(-c2cccc3c2oc2cc4ccccc4cc23)c1. The zero-order valence-electron chi connectivity index (χ0n) is 30.8. The molecule has 12 aromatic rings. The zero-order chi connectivity index (χ0) is 37.5. The third-order valence-corrected chi connectivity index (χ3v) is 11.6. The van der Waals surface area contributed by atoms with Crippen molar-refractivity contribution < 1.29 is 8.83 Å². The van der Waals surface area contributed by atoms with Crippen LogP contribution in [0.3, 0.4) is 0 Å². The standard InChI is InChI=1S/C54H33NO2/c1-2-14-36-33-52-48(31-35(36)13-1)46-22-11-21-44(53(46)57-52)42-19-7-9-24-49(42)55(50-25-12-23-45-43-20-8-10-26-51(43)56-54(45)50)38-29-27-34(28-30-38)47-32-37-15-3-4-16-39(37)40-17-5-6-18-41(40)47/h1-33H. The van der Waals surface area contributed by atoms with E-state index in [1.54, 1.807) is 0 Å². The van der Waals surface area contributed by atoms with Crippen molar-refractivity contribution in [1.29, 1.82) is 0 Å². The normalized spacial score (nSPS) is 11.9. The summed E-state index contributed by atoms with van der Waals surface area (Å²) >= 11 is 0. The quantitative estimate of drug-likeness (QED) is 0.165. The first-order valence-corrected chi connectivity index (χ1v) is 19.4. The molecule has 0 amide bonds. The molecule has 0 bridgehead atoms. The Hall–Kier alpha value is -7.62. The second-order valence-electron chi connectivity index (χ2n) is 14.8. The van der Waals surface area contributed by atoms with Gasteiger partial charge in [-0.2, -0.15) is 0 Å². The van der Waals surface area contributed by atoms with Crippen LogP contribution >= 0.6 is 0 Å². The first kappa shape index (κ1) is 31.7. The number of hydrogen-bond acceptors (Lipinski definition) is 3. The van der Waals surface area contributed by atoms with Crippen molar-refractivity contribution in [2.75, 3.05) is 4.90 Å². The van der Waals surface area contributed by atoms with Gasteiger partial charge >= 0.3 is 0 Å². The van der Waals surface area contributed by atoms with Crippen LogP contribution < -0.4 is 4.90 Å². The Balaban J connectivity index is 1.08. The lowest BCUT2D eigenvalue weighted by Crippen LogP contribution is -2.11. The van der Waals surface area contributed by atoms with Gasteiger partial charge in [0.15, 0.2) is 5.58 Å². The molecule has 57 heavy (non-hydrogen) atoms. The van der Waals surface area contributed by atoms with Gasteiger partial charge in [-0.15, -0.1) is 0 Å². The maximum atomic E-state index is 6.80. The van der Waals surface area contributed by atoms with Gasteiger partial charge < -0.3 is 13.7 Å². The largest absolute Gasteiger partial charge is 0.455 e. The molecular formula is C54H33NO2. The predicted octanol–water partition coefficient (Wildman–Crippen LogP) is 15.7. The fourth-order valence-electron chi connectivity index (χ4n) is 8.99. The monoisotopic (exact) mass is 727 g/mol. The summed E-state index contributed by atoms with van der Waals surface area (Å²) < 4.78 is 13.5. The lowest BCUT2D eigenvalue weighted by atomic mass is 9.93. The van der Waals surface area contributed by atoms with Gasteiger partial charge in [-0.1, -0.05) is 152 Å². The molecule has 2 aromatic heterocycles. The van der Waals surface area contributed by atoms with E-state index in [2.05, 4.69) is 193 Å². The maximum absolute atomic E-state index is 6.80. The Labute approximate surface area is 328 Å². The van der Waals surface area contributed by atoms with Crippen LogP contribution in [0.1, 0.15) is 0 Å². The molecule has 0 fully saturated rings. The summed E-state index contributed by atoms with van der Waals surface area (Å²) in [6.07, 6.45) is 0. The topological polar surface area (TPSA) is 29.5 Å². The van der Waals surface area contributed by atoms with Gasteiger partial charge in [0.2, 0.25) is 0 Å². The van der Waals surface area contributed by atoms with Gasteiger partial charge in [0.25, 0.3) is 0 Å². The molecule has 0 atom stereocenters. The van der Waals surface area contributed by atoms with Gasteiger partial charge in [0.05, 0.1) is 11.4 Å². The van der Waals surface area contributed by atoms with E-state index in [0.717, 1.165) is 83.0 Å². The minimum absolute atomic E-state index is 0.840. The Morgan fingerprint density at radius 1 is 0.298 bits per heavy atom. The predicted molar refractivity (Wildman–Crippen MR) is 239 cm³/mol. The van der Waals surface area contributed by atoms with E-state index >= 15 is 0 Å². The summed E-state index contributed by atoms with van der Waals surface area (Å²) in [5.74, 6) is 0. The van der Waals surface area contributed by atoms with Gasteiger partial charge in [0, 0.05) is 38.4 Å². The van der Waals surface area contributed by atoms with Crippen molar-refractivity contribution >= 4 is 93.3 Å². The average molecular weight is 728 g/mol. The highest BCUT2D eigenvalue weighted by Gasteiger charge is 2.24. The third-order valence-electron chi connectivity index (χ3n) is 11.6. The number of fused-ring (bicyclic) bond motifs is 10. The van der Waals surface area contributed by atoms with Crippen molar-refractivity contribution in [3.63, 3.8) is 0 Å². The minimum atomic E-state index is 0.840. The highest BCUT2D eigenvalue weighted by molar-refractivity contribution is 6.16. The van der Waals surface area contributed by atoms with Crippen molar-refractivity contribution in [1.82, 2.24) is 0 Å². The van der Waals surface area contributed by atoms with E-state index in [4.69, 9.17) is 8.83 Å². The Morgan fingerprint density at radius 2 is 0.877 bits per heavy atom. The molecule has 3 heteroatoms. The lowest BCUT2D eigenvalue weighted by molar-refractivity contribution is 0.669. The maximum Gasteiger partial charge on any atom is 0.159 e. The molecule has 0 unspecified atom stereocenters. The Bertz CT molecular complexity index is 3530. The van der Waals surface area contributed by atoms with E-state index < -0.39 is 0 Å². The molecule has 0 spiro atoms. The third kappa shape index (κ3) is 4.92. The van der Waals surface area contributed by atoms with E-state index in [0.29, 0.717) is 0 Å². The minimum Gasteiger partial charge on any atom is -0.455 e. The number of furan rings is 2. The van der Waals surface area contributed by atoms with E-state index in [1.807, 2.05) is 12.1 Å². The van der Waals surface area contributed by atoms with Gasteiger partial charge in [-0.05, 0) is 92.0 Å². The van der Waals surface area contributed by atoms with Crippen molar-refractivity contribution in [3.8, 4) is 22.3 Å². The molecule has 0 aliphatic rings. The van der Waals surface area contributed by atoms with E-state index in [9.17, 15) is 0 Å². The molecule has 12 rings (SSSR count). The van der Waals surface area contributed by atoms with Gasteiger partial charge in [-0.3, -0.25) is 0 Å². The van der Waals surface area contributed by atoms with Crippen LogP contribution in [-0.4, -0.2) is 0 Å².